The van der Waals surface area contributed by atoms with Gasteiger partial charge in [0.2, 0.25) is 5.82 Å². The van der Waals surface area contributed by atoms with Gasteiger partial charge < -0.3 is 5.32 Å². The molecule has 0 radical (unpaired) electrons. The number of hydrogen-bond donors (Lipinski definition) is 1. The highest BCUT2D eigenvalue weighted by Gasteiger charge is 2.27. The number of carbonyl (C=O) groups excluding carboxylic acids is 1. The highest BCUT2D eigenvalue weighted by Crippen LogP contribution is 2.23. The Morgan fingerprint density at radius 2 is 2.05 bits per heavy atom. The van der Waals surface area contributed by atoms with E-state index in [9.17, 15) is 23.7 Å². The monoisotopic (exact) mass is 306 g/mol. The number of nitrogens with zero attached hydrogens (tertiary/aromatic N) is 1. The van der Waals surface area contributed by atoms with Crippen molar-refractivity contribution in [2.45, 2.75) is 19.9 Å². The van der Waals surface area contributed by atoms with Crippen molar-refractivity contribution < 1.29 is 18.5 Å². The second kappa shape index (κ2) is 6.60. The molecule has 20 heavy (non-hydrogen) atoms. The first-order valence-electron chi connectivity index (χ1n) is 5.78. The lowest BCUT2D eigenvalue weighted by molar-refractivity contribution is -0.387. The summed E-state index contributed by atoms with van der Waals surface area (Å²) < 4.78 is 27.3. The number of nitro benzene ring substituents is 1. The van der Waals surface area contributed by atoms with Gasteiger partial charge in [0.1, 0.15) is 11.4 Å². The predicted octanol–water partition coefficient (Wildman–Crippen LogP) is 2.87. The molecule has 1 amide bonds. The number of alkyl halides is 1. The first-order chi connectivity index (χ1) is 9.29. The minimum absolute atomic E-state index is 0.120. The zero-order valence-electron chi connectivity index (χ0n) is 10.8. The van der Waals surface area contributed by atoms with Crippen LogP contribution in [0.3, 0.4) is 0 Å². The van der Waals surface area contributed by atoms with Crippen molar-refractivity contribution in [1.82, 2.24) is 5.32 Å². The van der Waals surface area contributed by atoms with E-state index in [1.807, 2.05) is 0 Å². The highest BCUT2D eigenvalue weighted by atomic mass is 35.5. The Hall–Kier alpha value is -1.76. The van der Waals surface area contributed by atoms with Crippen molar-refractivity contribution >= 4 is 23.2 Å². The van der Waals surface area contributed by atoms with Gasteiger partial charge in [0.15, 0.2) is 0 Å². The third kappa shape index (κ3) is 3.41. The Morgan fingerprint density at radius 3 is 2.55 bits per heavy atom. The minimum Gasteiger partial charge on any atom is -0.349 e. The van der Waals surface area contributed by atoms with E-state index < -0.39 is 39.8 Å². The van der Waals surface area contributed by atoms with Gasteiger partial charge in [-0.1, -0.05) is 6.92 Å². The summed E-state index contributed by atoms with van der Waals surface area (Å²) in [6.07, 6.45) is 0. The number of amides is 1. The number of benzene rings is 1. The molecule has 0 aliphatic heterocycles. The lowest BCUT2D eigenvalue weighted by Gasteiger charge is -2.19. The van der Waals surface area contributed by atoms with Crippen LogP contribution in [-0.2, 0) is 0 Å². The summed E-state index contributed by atoms with van der Waals surface area (Å²) in [6.45, 7) is 3.37. The molecule has 2 atom stereocenters. The van der Waals surface area contributed by atoms with Crippen molar-refractivity contribution in [3.8, 4) is 0 Å². The molecule has 0 aromatic heterocycles. The molecule has 0 aliphatic carbocycles. The van der Waals surface area contributed by atoms with E-state index in [2.05, 4.69) is 5.32 Å². The second-order valence-electron chi connectivity index (χ2n) is 4.41. The fourth-order valence-corrected chi connectivity index (χ4v) is 1.71. The van der Waals surface area contributed by atoms with E-state index in [-0.39, 0.29) is 11.8 Å². The van der Waals surface area contributed by atoms with Crippen LogP contribution in [0.4, 0.5) is 14.5 Å². The summed E-state index contributed by atoms with van der Waals surface area (Å²) >= 11 is 5.62. The fourth-order valence-electron chi connectivity index (χ4n) is 1.45. The summed E-state index contributed by atoms with van der Waals surface area (Å²) in [4.78, 5) is 21.4. The smallest absolute Gasteiger partial charge is 0.305 e. The van der Waals surface area contributed by atoms with Crippen LogP contribution in [0.25, 0.3) is 0 Å². The first-order valence-corrected chi connectivity index (χ1v) is 6.32. The van der Waals surface area contributed by atoms with Gasteiger partial charge in [0, 0.05) is 18.0 Å². The Bertz CT molecular complexity index is 540. The molecule has 0 bridgehead atoms. The average Bonchev–Trinajstić information content (AvgIpc) is 2.37. The molecule has 1 aromatic carbocycles. The second-order valence-corrected chi connectivity index (χ2v) is 4.71. The predicted molar refractivity (Wildman–Crippen MR) is 69.8 cm³/mol. The molecule has 1 N–H and O–H groups in total. The molecule has 1 aromatic rings. The number of halogens is 3. The Morgan fingerprint density at radius 1 is 1.45 bits per heavy atom. The maximum absolute atomic E-state index is 13.8. The Labute approximate surface area is 119 Å². The zero-order valence-corrected chi connectivity index (χ0v) is 11.6. The molecule has 0 saturated carbocycles. The van der Waals surface area contributed by atoms with Crippen molar-refractivity contribution in [2.75, 3.05) is 5.88 Å². The van der Waals surface area contributed by atoms with Gasteiger partial charge in [-0.25, -0.2) is 4.39 Å². The lowest BCUT2D eigenvalue weighted by atomic mass is 10.1. The summed E-state index contributed by atoms with van der Waals surface area (Å²) in [5.41, 5.74) is -1.91. The normalized spacial score (nSPS) is 13.7. The van der Waals surface area contributed by atoms with Gasteiger partial charge in [-0.3, -0.25) is 14.9 Å². The topological polar surface area (TPSA) is 72.2 Å². The molecule has 1 rings (SSSR count). The van der Waals surface area contributed by atoms with Crippen LogP contribution in [0, 0.1) is 27.7 Å². The molecular weight excluding hydrogens is 294 g/mol. The van der Waals surface area contributed by atoms with E-state index in [4.69, 9.17) is 11.6 Å². The van der Waals surface area contributed by atoms with Crippen molar-refractivity contribution in [2.24, 2.45) is 5.92 Å². The molecule has 2 unspecified atom stereocenters. The van der Waals surface area contributed by atoms with Crippen LogP contribution >= 0.6 is 11.6 Å². The standard InChI is InChI=1S/C12H13ClF2N2O3/c1-6(5-13)7(2)16-12(18)10-8(14)3-4-9(11(10)15)17(19)20/h3-4,6-7H,5H2,1-2H3,(H,16,18). The number of carbonyl (C=O) groups is 1. The van der Waals surface area contributed by atoms with Gasteiger partial charge in [0.05, 0.1) is 4.92 Å². The summed E-state index contributed by atoms with van der Waals surface area (Å²) in [5.74, 6) is -3.56. The highest BCUT2D eigenvalue weighted by molar-refractivity contribution is 6.18. The van der Waals surface area contributed by atoms with E-state index in [0.29, 0.717) is 12.1 Å². The van der Waals surface area contributed by atoms with E-state index in [1.165, 1.54) is 0 Å². The van der Waals surface area contributed by atoms with Crippen LogP contribution in [0.1, 0.15) is 24.2 Å². The van der Waals surface area contributed by atoms with Crippen LogP contribution in [0.2, 0.25) is 0 Å². The number of rotatable bonds is 5. The average molecular weight is 307 g/mol. The maximum atomic E-state index is 13.8. The Kier molecular flexibility index (Phi) is 5.38. The fraction of sp³-hybridized carbons (Fsp3) is 0.417. The van der Waals surface area contributed by atoms with E-state index >= 15 is 0 Å². The lowest BCUT2D eigenvalue weighted by Crippen LogP contribution is -2.38. The van der Waals surface area contributed by atoms with Crippen LogP contribution < -0.4 is 5.32 Å². The summed E-state index contributed by atoms with van der Waals surface area (Å²) in [5, 5.41) is 12.9. The number of nitrogens with one attached hydrogen (secondary N) is 1. The third-order valence-corrected chi connectivity index (χ3v) is 3.44. The van der Waals surface area contributed by atoms with Crippen LogP contribution in [0.5, 0.6) is 0 Å². The van der Waals surface area contributed by atoms with Gasteiger partial charge in [-0.05, 0) is 18.9 Å². The Balaban J connectivity index is 3.10. The summed E-state index contributed by atoms with van der Waals surface area (Å²) in [6, 6.07) is 0.927. The molecular formula is C12H13ClF2N2O3. The molecule has 0 heterocycles. The molecule has 110 valence electrons. The SMILES string of the molecule is CC(CCl)C(C)NC(=O)c1c(F)ccc([N+](=O)[O-])c1F. The molecule has 5 nitrogen and oxygen atoms in total. The number of nitro groups is 1. The summed E-state index contributed by atoms with van der Waals surface area (Å²) in [7, 11) is 0. The molecule has 8 heteroatoms. The van der Waals surface area contributed by atoms with Gasteiger partial charge in [0.25, 0.3) is 5.91 Å². The van der Waals surface area contributed by atoms with E-state index in [1.54, 1.807) is 13.8 Å². The van der Waals surface area contributed by atoms with Crippen LogP contribution in [-0.4, -0.2) is 22.8 Å². The first kappa shape index (κ1) is 16.3. The molecule has 0 fully saturated rings. The zero-order chi connectivity index (χ0) is 15.4. The largest absolute Gasteiger partial charge is 0.349 e. The number of hydrogen-bond acceptors (Lipinski definition) is 3. The van der Waals surface area contributed by atoms with Gasteiger partial charge in [-0.15, -0.1) is 11.6 Å². The van der Waals surface area contributed by atoms with Crippen LogP contribution in [0.15, 0.2) is 12.1 Å². The minimum atomic E-state index is -1.49. The van der Waals surface area contributed by atoms with Gasteiger partial charge >= 0.3 is 5.69 Å². The van der Waals surface area contributed by atoms with Gasteiger partial charge in [-0.2, -0.15) is 4.39 Å². The third-order valence-electron chi connectivity index (χ3n) is 2.95. The van der Waals surface area contributed by atoms with Crippen molar-refractivity contribution in [1.29, 1.82) is 0 Å². The molecule has 0 saturated heterocycles. The molecule has 0 spiro atoms. The van der Waals surface area contributed by atoms with Crippen molar-refractivity contribution in [3.05, 3.63) is 39.4 Å². The van der Waals surface area contributed by atoms with E-state index in [0.717, 1.165) is 0 Å². The van der Waals surface area contributed by atoms with Crippen molar-refractivity contribution in [3.63, 3.8) is 0 Å². The quantitative estimate of drug-likeness (QED) is 0.516. The maximum Gasteiger partial charge on any atom is 0.305 e. The molecule has 0 aliphatic rings.